The van der Waals surface area contributed by atoms with Crippen LogP contribution in [0.2, 0.25) is 0 Å². The van der Waals surface area contributed by atoms with Crippen molar-refractivity contribution in [3.63, 3.8) is 0 Å². The molecule has 0 aromatic carbocycles. The summed E-state index contributed by atoms with van der Waals surface area (Å²) in [5.41, 5.74) is 1.25. The zero-order valence-electron chi connectivity index (χ0n) is 14.3. The Kier molecular flexibility index (Phi) is 7.74. The third kappa shape index (κ3) is 5.96. The standard InChI is InChI=1S/C17H26N4O2S/c1-23-16(22)5-3-2-4-8-19-17(24)21-13-11-20(12-14-21)15-6-9-18-10-7-15/h6-7,9-10H,2-5,8,11-14H2,1H3,(H,19,24)/p+1. The first-order valence-corrected chi connectivity index (χ1v) is 8.92. The topological polar surface area (TPSA) is 59.0 Å². The van der Waals surface area contributed by atoms with Crippen LogP contribution in [-0.4, -0.2) is 55.8 Å². The van der Waals surface area contributed by atoms with Crippen molar-refractivity contribution in [1.82, 2.24) is 10.2 Å². The average Bonchev–Trinajstić information content (AvgIpc) is 2.65. The summed E-state index contributed by atoms with van der Waals surface area (Å²) in [5, 5.41) is 4.16. The van der Waals surface area contributed by atoms with Gasteiger partial charge < -0.3 is 19.9 Å². The molecule has 1 fully saturated rings. The highest BCUT2D eigenvalue weighted by Gasteiger charge is 2.19. The largest absolute Gasteiger partial charge is 0.469 e. The molecule has 1 aromatic rings. The fourth-order valence-corrected chi connectivity index (χ4v) is 3.02. The van der Waals surface area contributed by atoms with Gasteiger partial charge >= 0.3 is 5.97 Å². The minimum atomic E-state index is -0.132. The number of nitrogens with zero attached hydrogens (tertiary/aromatic N) is 2. The van der Waals surface area contributed by atoms with Crippen molar-refractivity contribution in [2.45, 2.75) is 25.7 Å². The Morgan fingerprint density at radius 3 is 2.58 bits per heavy atom. The Labute approximate surface area is 149 Å². The monoisotopic (exact) mass is 351 g/mol. The molecule has 7 heteroatoms. The predicted molar refractivity (Wildman–Crippen MR) is 97.9 cm³/mol. The number of carbonyl (C=O) groups is 1. The van der Waals surface area contributed by atoms with Crippen molar-refractivity contribution in [3.8, 4) is 0 Å². The third-order valence-corrected chi connectivity index (χ3v) is 4.60. The number of aromatic nitrogens is 1. The normalized spacial score (nSPS) is 14.4. The van der Waals surface area contributed by atoms with Gasteiger partial charge in [0.05, 0.1) is 7.11 Å². The molecule has 0 spiro atoms. The molecule has 0 radical (unpaired) electrons. The summed E-state index contributed by atoms with van der Waals surface area (Å²) >= 11 is 5.48. The number of carbonyl (C=O) groups excluding carboxylic acids is 1. The molecule has 2 rings (SSSR count). The number of piperazine rings is 1. The van der Waals surface area contributed by atoms with E-state index < -0.39 is 0 Å². The smallest absolute Gasteiger partial charge is 0.305 e. The highest BCUT2D eigenvalue weighted by molar-refractivity contribution is 7.80. The second-order valence-electron chi connectivity index (χ2n) is 5.85. The van der Waals surface area contributed by atoms with Crippen LogP contribution < -0.4 is 15.2 Å². The SMILES string of the molecule is COC(=O)CCCCCNC(=S)N1CCN(c2cc[nH+]cc2)CC1. The number of hydrogen-bond donors (Lipinski definition) is 1. The van der Waals surface area contributed by atoms with Gasteiger partial charge in [-0.15, -0.1) is 0 Å². The van der Waals surface area contributed by atoms with Crippen LogP contribution in [0.5, 0.6) is 0 Å². The fraction of sp³-hybridized carbons (Fsp3) is 0.588. The number of thiocarbonyl (C=S) groups is 1. The van der Waals surface area contributed by atoms with Gasteiger partial charge in [-0.25, -0.2) is 4.98 Å². The number of anilines is 1. The van der Waals surface area contributed by atoms with Crippen molar-refractivity contribution in [2.24, 2.45) is 0 Å². The van der Waals surface area contributed by atoms with E-state index in [0.29, 0.717) is 6.42 Å². The zero-order chi connectivity index (χ0) is 17.2. The van der Waals surface area contributed by atoms with Crippen LogP contribution in [0.15, 0.2) is 24.5 Å². The van der Waals surface area contributed by atoms with Crippen molar-refractivity contribution in [2.75, 3.05) is 44.7 Å². The summed E-state index contributed by atoms with van der Waals surface area (Å²) in [4.78, 5) is 18.7. The lowest BCUT2D eigenvalue weighted by atomic mass is 10.2. The number of H-pyrrole nitrogens is 1. The molecule has 1 aliphatic heterocycles. The summed E-state index contributed by atoms with van der Waals surface area (Å²) in [6, 6.07) is 4.20. The Hall–Kier alpha value is -1.89. The van der Waals surface area contributed by atoms with Gasteiger partial charge in [0.2, 0.25) is 0 Å². The number of hydrogen-bond acceptors (Lipinski definition) is 4. The summed E-state index contributed by atoms with van der Waals surface area (Å²) in [5.74, 6) is -0.132. The minimum Gasteiger partial charge on any atom is -0.469 e. The Morgan fingerprint density at radius 1 is 1.21 bits per heavy atom. The van der Waals surface area contributed by atoms with Crippen LogP contribution in [0.25, 0.3) is 0 Å². The van der Waals surface area contributed by atoms with Crippen molar-refractivity contribution >= 4 is 29.0 Å². The summed E-state index contributed by atoms with van der Waals surface area (Å²) in [7, 11) is 1.43. The number of rotatable bonds is 7. The summed E-state index contributed by atoms with van der Waals surface area (Å²) < 4.78 is 4.63. The van der Waals surface area contributed by atoms with Crippen molar-refractivity contribution < 1.29 is 14.5 Å². The second-order valence-corrected chi connectivity index (χ2v) is 6.24. The minimum absolute atomic E-state index is 0.132. The molecule has 0 unspecified atom stereocenters. The van der Waals surface area contributed by atoms with Gasteiger partial charge in [-0.2, -0.15) is 0 Å². The average molecular weight is 351 g/mol. The van der Waals surface area contributed by atoms with Crippen LogP contribution in [0.4, 0.5) is 5.69 Å². The molecular formula is C17H27N4O2S+. The number of nitrogens with one attached hydrogen (secondary N) is 2. The van der Waals surface area contributed by atoms with E-state index in [1.807, 2.05) is 12.4 Å². The van der Waals surface area contributed by atoms with E-state index >= 15 is 0 Å². The van der Waals surface area contributed by atoms with Crippen LogP contribution in [0, 0.1) is 0 Å². The van der Waals surface area contributed by atoms with Crippen molar-refractivity contribution in [1.29, 1.82) is 0 Å². The van der Waals surface area contributed by atoms with Crippen LogP contribution in [0.3, 0.4) is 0 Å². The highest BCUT2D eigenvalue weighted by atomic mass is 32.1. The fourth-order valence-electron chi connectivity index (χ4n) is 2.74. The Balaban J connectivity index is 1.58. The first-order chi connectivity index (χ1) is 11.7. The van der Waals surface area contributed by atoms with Gasteiger partial charge in [0.15, 0.2) is 17.5 Å². The number of pyridine rings is 1. The van der Waals surface area contributed by atoms with Gasteiger partial charge in [0, 0.05) is 57.0 Å². The number of unbranched alkanes of at least 4 members (excludes halogenated alkanes) is 2. The van der Waals surface area contributed by atoms with Crippen LogP contribution in [-0.2, 0) is 9.53 Å². The van der Waals surface area contributed by atoms with E-state index in [1.165, 1.54) is 12.8 Å². The number of aromatic amines is 1. The highest BCUT2D eigenvalue weighted by Crippen LogP contribution is 2.14. The van der Waals surface area contributed by atoms with Gasteiger partial charge in [0.1, 0.15) is 0 Å². The van der Waals surface area contributed by atoms with Crippen molar-refractivity contribution in [3.05, 3.63) is 24.5 Å². The Morgan fingerprint density at radius 2 is 1.92 bits per heavy atom. The lowest BCUT2D eigenvalue weighted by Crippen LogP contribution is -2.51. The molecular weight excluding hydrogens is 324 g/mol. The number of esters is 1. The molecule has 0 saturated carbocycles. The molecule has 2 heterocycles. The molecule has 2 N–H and O–H groups in total. The Bertz CT molecular complexity index is 519. The van der Waals surface area contributed by atoms with E-state index in [4.69, 9.17) is 12.2 Å². The van der Waals surface area contributed by atoms with E-state index in [1.54, 1.807) is 0 Å². The van der Waals surface area contributed by atoms with E-state index in [0.717, 1.165) is 57.1 Å². The van der Waals surface area contributed by atoms with E-state index in [2.05, 4.69) is 37.0 Å². The first kappa shape index (κ1) is 18.4. The third-order valence-electron chi connectivity index (χ3n) is 4.19. The molecule has 0 atom stereocenters. The molecule has 1 aromatic heterocycles. The maximum absolute atomic E-state index is 11.0. The zero-order valence-corrected chi connectivity index (χ0v) is 15.1. The lowest BCUT2D eigenvalue weighted by Gasteiger charge is -2.37. The molecule has 0 amide bonds. The maximum Gasteiger partial charge on any atom is 0.305 e. The van der Waals surface area contributed by atoms with Crippen LogP contribution >= 0.6 is 12.2 Å². The molecule has 0 aliphatic carbocycles. The second kappa shape index (κ2) is 10.1. The molecule has 24 heavy (non-hydrogen) atoms. The quantitative estimate of drug-likeness (QED) is 0.453. The number of ether oxygens (including phenoxy) is 1. The predicted octanol–water partition coefficient (Wildman–Crippen LogP) is 1.23. The summed E-state index contributed by atoms with van der Waals surface area (Å²) in [6.45, 7) is 4.68. The van der Waals surface area contributed by atoms with E-state index in [-0.39, 0.29) is 5.97 Å². The molecule has 6 nitrogen and oxygen atoms in total. The van der Waals surface area contributed by atoms with Gasteiger partial charge in [-0.05, 0) is 25.1 Å². The number of methoxy groups -OCH3 is 1. The van der Waals surface area contributed by atoms with E-state index in [9.17, 15) is 4.79 Å². The summed E-state index contributed by atoms with van der Waals surface area (Å²) in [6.07, 6.45) is 7.29. The molecule has 0 bridgehead atoms. The molecule has 1 saturated heterocycles. The van der Waals surface area contributed by atoms with Gasteiger partial charge in [0.25, 0.3) is 0 Å². The van der Waals surface area contributed by atoms with Crippen LogP contribution in [0.1, 0.15) is 25.7 Å². The maximum atomic E-state index is 11.0. The first-order valence-electron chi connectivity index (χ1n) is 8.51. The van der Waals surface area contributed by atoms with Gasteiger partial charge in [-0.1, -0.05) is 6.42 Å². The molecule has 132 valence electrons. The van der Waals surface area contributed by atoms with Gasteiger partial charge in [-0.3, -0.25) is 4.79 Å². The lowest BCUT2D eigenvalue weighted by molar-refractivity contribution is -0.377. The molecule has 1 aliphatic rings.